The molecule has 11 heteroatoms. The van der Waals surface area contributed by atoms with E-state index in [1.807, 2.05) is 13.8 Å². The van der Waals surface area contributed by atoms with Crippen molar-refractivity contribution < 1.29 is 32.9 Å². The maximum Gasteiger partial charge on any atom is 0.416 e. The van der Waals surface area contributed by atoms with Crippen molar-refractivity contribution in [3.05, 3.63) is 63.4 Å². The smallest absolute Gasteiger partial charge is 0.416 e. The SMILES string of the molecule is COc1nc2c(cc1NCc1cccc(C(F)(F)F)c1)c(=O)c(C(=O)O)cn2[C@H](CO)C(C)C. The summed E-state index contributed by atoms with van der Waals surface area (Å²) >= 11 is 0. The summed E-state index contributed by atoms with van der Waals surface area (Å²) in [6.45, 7) is 3.29. The van der Waals surface area contributed by atoms with Gasteiger partial charge in [0.25, 0.3) is 0 Å². The number of aromatic carboxylic acids is 1. The predicted molar refractivity (Wildman–Crippen MR) is 119 cm³/mol. The second kappa shape index (κ2) is 9.72. The zero-order valence-electron chi connectivity index (χ0n) is 18.7. The average Bonchev–Trinajstić information content (AvgIpc) is 2.78. The van der Waals surface area contributed by atoms with Gasteiger partial charge in [0, 0.05) is 12.7 Å². The molecule has 3 rings (SSSR count). The van der Waals surface area contributed by atoms with Crippen LogP contribution in [0.3, 0.4) is 0 Å². The molecule has 182 valence electrons. The molecule has 0 saturated carbocycles. The van der Waals surface area contributed by atoms with Gasteiger partial charge in [0.15, 0.2) is 0 Å². The van der Waals surface area contributed by atoms with Crippen LogP contribution in [-0.4, -0.2) is 39.5 Å². The van der Waals surface area contributed by atoms with E-state index in [1.165, 1.54) is 29.9 Å². The number of benzene rings is 1. The van der Waals surface area contributed by atoms with E-state index in [2.05, 4.69) is 10.3 Å². The molecular weight excluding hydrogens is 455 g/mol. The molecule has 0 amide bonds. The van der Waals surface area contributed by atoms with E-state index in [1.54, 1.807) is 0 Å². The number of fused-ring (bicyclic) bond motifs is 1. The molecule has 3 N–H and O–H groups in total. The van der Waals surface area contributed by atoms with Crippen LogP contribution in [0.15, 0.2) is 41.3 Å². The molecule has 1 atom stereocenters. The fourth-order valence-electron chi connectivity index (χ4n) is 3.62. The highest BCUT2D eigenvalue weighted by Gasteiger charge is 2.30. The van der Waals surface area contributed by atoms with E-state index in [0.29, 0.717) is 5.56 Å². The lowest BCUT2D eigenvalue weighted by molar-refractivity contribution is -0.137. The number of pyridine rings is 2. The summed E-state index contributed by atoms with van der Waals surface area (Å²) in [6, 6.07) is 5.54. The number of hydrogen-bond acceptors (Lipinski definition) is 6. The quantitative estimate of drug-likeness (QED) is 0.449. The largest absolute Gasteiger partial charge is 0.479 e. The molecule has 0 bridgehead atoms. The first-order valence-corrected chi connectivity index (χ1v) is 10.4. The Balaban J connectivity index is 2.13. The van der Waals surface area contributed by atoms with Crippen LogP contribution in [0.5, 0.6) is 5.88 Å². The van der Waals surface area contributed by atoms with Crippen molar-refractivity contribution >= 4 is 22.7 Å². The van der Waals surface area contributed by atoms with Crippen molar-refractivity contribution in [2.24, 2.45) is 5.92 Å². The van der Waals surface area contributed by atoms with Crippen molar-refractivity contribution in [3.8, 4) is 5.88 Å². The van der Waals surface area contributed by atoms with Gasteiger partial charge in [-0.3, -0.25) is 4.79 Å². The number of ether oxygens (including phenoxy) is 1. The molecule has 1 aromatic carbocycles. The first kappa shape index (κ1) is 25.0. The maximum absolute atomic E-state index is 13.0. The molecule has 2 aromatic heterocycles. The van der Waals surface area contributed by atoms with E-state index in [4.69, 9.17) is 4.74 Å². The Kier molecular flexibility index (Phi) is 7.15. The Morgan fingerprint density at radius 2 is 1.97 bits per heavy atom. The first-order chi connectivity index (χ1) is 16.0. The van der Waals surface area contributed by atoms with Crippen molar-refractivity contribution in [3.63, 3.8) is 0 Å². The maximum atomic E-state index is 13.0. The topological polar surface area (TPSA) is 114 Å². The number of nitrogens with one attached hydrogen (secondary N) is 1. The fraction of sp³-hybridized carbons (Fsp3) is 0.348. The number of aromatic nitrogens is 2. The summed E-state index contributed by atoms with van der Waals surface area (Å²) in [5.41, 5.74) is -1.44. The van der Waals surface area contributed by atoms with Crippen molar-refractivity contribution in [1.29, 1.82) is 0 Å². The Morgan fingerprint density at radius 3 is 2.53 bits per heavy atom. The minimum Gasteiger partial charge on any atom is -0.479 e. The van der Waals surface area contributed by atoms with Crippen molar-refractivity contribution in [2.75, 3.05) is 19.0 Å². The number of aliphatic hydroxyl groups excluding tert-OH is 1. The van der Waals surface area contributed by atoms with Crippen LogP contribution in [0.1, 0.15) is 41.4 Å². The van der Waals surface area contributed by atoms with Crippen LogP contribution in [-0.2, 0) is 12.7 Å². The number of carboxylic acid groups (broad SMARTS) is 1. The number of carboxylic acids is 1. The second-order valence-corrected chi connectivity index (χ2v) is 8.05. The standard InChI is InChI=1S/C23H24F3N3O5/c1-12(2)18(11-30)29-10-16(22(32)33)19(31)15-8-17(21(34-3)28-20(15)29)27-9-13-5-4-6-14(7-13)23(24,25)26/h4-8,10,12,18,27,30H,9,11H2,1-3H3,(H,32,33)/t18-/m1/s1. The molecule has 8 nitrogen and oxygen atoms in total. The van der Waals surface area contributed by atoms with Gasteiger partial charge in [0.1, 0.15) is 11.2 Å². The molecule has 0 unspecified atom stereocenters. The van der Waals surface area contributed by atoms with E-state index in [0.717, 1.165) is 18.3 Å². The van der Waals surface area contributed by atoms with Gasteiger partial charge in [-0.05, 0) is 29.7 Å². The molecule has 0 fully saturated rings. The number of anilines is 1. The minimum absolute atomic E-state index is 0.0358. The molecule has 0 aliphatic carbocycles. The lowest BCUT2D eigenvalue weighted by atomic mass is 10.0. The van der Waals surface area contributed by atoms with Crippen LogP contribution in [0.25, 0.3) is 11.0 Å². The van der Waals surface area contributed by atoms with Crippen molar-refractivity contribution in [2.45, 2.75) is 32.6 Å². The zero-order valence-corrected chi connectivity index (χ0v) is 18.7. The van der Waals surface area contributed by atoms with Gasteiger partial charge in [-0.1, -0.05) is 26.0 Å². The molecule has 0 saturated heterocycles. The predicted octanol–water partition coefficient (Wildman–Crippen LogP) is 3.92. The zero-order chi connectivity index (χ0) is 25.2. The lowest BCUT2D eigenvalue weighted by Gasteiger charge is -2.24. The molecule has 0 spiro atoms. The fourth-order valence-corrected chi connectivity index (χ4v) is 3.62. The lowest BCUT2D eigenvalue weighted by Crippen LogP contribution is -2.26. The van der Waals surface area contributed by atoms with Crippen molar-refractivity contribution in [1.82, 2.24) is 9.55 Å². The second-order valence-electron chi connectivity index (χ2n) is 8.05. The van der Waals surface area contributed by atoms with Crippen LogP contribution in [0.4, 0.5) is 18.9 Å². The van der Waals surface area contributed by atoms with E-state index < -0.39 is 34.7 Å². The summed E-state index contributed by atoms with van der Waals surface area (Å²) in [6.07, 6.45) is -3.34. The molecule has 34 heavy (non-hydrogen) atoms. The number of aliphatic hydroxyl groups is 1. The number of nitrogens with zero attached hydrogens (tertiary/aromatic N) is 2. The highest BCUT2D eigenvalue weighted by molar-refractivity contribution is 5.93. The number of rotatable bonds is 8. The van der Waals surface area contributed by atoms with Gasteiger partial charge in [-0.2, -0.15) is 18.2 Å². The number of methoxy groups -OCH3 is 1. The number of carbonyl (C=O) groups is 1. The Bertz CT molecular complexity index is 1270. The highest BCUT2D eigenvalue weighted by atomic mass is 19.4. The first-order valence-electron chi connectivity index (χ1n) is 10.4. The van der Waals surface area contributed by atoms with Crippen LogP contribution in [0.2, 0.25) is 0 Å². The van der Waals surface area contributed by atoms with Crippen LogP contribution >= 0.6 is 0 Å². The van der Waals surface area contributed by atoms with Gasteiger partial charge in [-0.25, -0.2) is 4.79 Å². The molecule has 3 aromatic rings. The third kappa shape index (κ3) is 4.98. The monoisotopic (exact) mass is 479 g/mol. The van der Waals surface area contributed by atoms with Gasteiger partial charge in [0.2, 0.25) is 11.3 Å². The van der Waals surface area contributed by atoms with E-state index in [-0.39, 0.29) is 41.7 Å². The van der Waals surface area contributed by atoms with E-state index >= 15 is 0 Å². The third-order valence-corrected chi connectivity index (χ3v) is 5.44. The molecule has 2 heterocycles. The van der Waals surface area contributed by atoms with E-state index in [9.17, 15) is 33.0 Å². The summed E-state index contributed by atoms with van der Waals surface area (Å²) < 4.78 is 45.8. The molecular formula is C23H24F3N3O5. The summed E-state index contributed by atoms with van der Waals surface area (Å²) in [4.78, 5) is 29.0. The number of halogens is 3. The molecule has 0 aliphatic rings. The average molecular weight is 479 g/mol. The number of alkyl halides is 3. The molecule has 0 aliphatic heterocycles. The molecule has 0 radical (unpaired) electrons. The Labute approximate surface area is 192 Å². The minimum atomic E-state index is -4.49. The van der Waals surface area contributed by atoms with Gasteiger partial charge in [0.05, 0.1) is 36.4 Å². The number of hydrogen-bond donors (Lipinski definition) is 3. The summed E-state index contributed by atoms with van der Waals surface area (Å²) in [7, 11) is 1.34. The Hall–Kier alpha value is -3.60. The summed E-state index contributed by atoms with van der Waals surface area (Å²) in [5.74, 6) is -1.50. The highest BCUT2D eigenvalue weighted by Crippen LogP contribution is 2.31. The summed E-state index contributed by atoms with van der Waals surface area (Å²) in [5, 5.41) is 22.3. The van der Waals surface area contributed by atoms with Gasteiger partial charge >= 0.3 is 12.1 Å². The third-order valence-electron chi connectivity index (χ3n) is 5.44. The van der Waals surface area contributed by atoms with Gasteiger partial charge < -0.3 is 24.8 Å². The Morgan fingerprint density at radius 1 is 1.26 bits per heavy atom. The normalized spacial score (nSPS) is 12.7. The van der Waals surface area contributed by atoms with Crippen LogP contribution in [0, 0.1) is 5.92 Å². The van der Waals surface area contributed by atoms with Crippen LogP contribution < -0.4 is 15.5 Å². The van der Waals surface area contributed by atoms with Gasteiger partial charge in [-0.15, -0.1) is 0 Å².